The second-order valence-electron chi connectivity index (χ2n) is 6.78. The first-order chi connectivity index (χ1) is 11.8. The number of amides is 1. The van der Waals surface area contributed by atoms with Gasteiger partial charge in [-0.1, -0.05) is 30.5 Å². The van der Waals surface area contributed by atoms with Crippen molar-refractivity contribution < 1.29 is 9.32 Å². The summed E-state index contributed by atoms with van der Waals surface area (Å²) in [5.74, 6) is 1.82. The lowest BCUT2D eigenvalue weighted by Gasteiger charge is -2.26. The Morgan fingerprint density at radius 2 is 2.04 bits per heavy atom. The molecule has 1 amide bonds. The zero-order chi connectivity index (χ0) is 16.4. The zero-order valence-corrected chi connectivity index (χ0v) is 13.7. The van der Waals surface area contributed by atoms with E-state index in [4.69, 9.17) is 4.52 Å². The molecule has 4 rings (SSSR count). The van der Waals surface area contributed by atoms with E-state index in [0.717, 1.165) is 25.8 Å². The molecule has 2 aromatic heterocycles. The number of aromatic nitrogens is 3. The molecule has 0 spiro atoms. The van der Waals surface area contributed by atoms with Crippen molar-refractivity contribution in [1.82, 2.24) is 20.0 Å². The van der Waals surface area contributed by atoms with E-state index in [1.165, 1.54) is 19.3 Å². The van der Waals surface area contributed by atoms with Gasteiger partial charge < -0.3 is 9.42 Å². The maximum Gasteiger partial charge on any atom is 0.231 e. The molecule has 1 saturated carbocycles. The van der Waals surface area contributed by atoms with Crippen LogP contribution in [0, 0.1) is 5.92 Å². The summed E-state index contributed by atoms with van der Waals surface area (Å²) in [6.45, 7) is 1.49. The standard InChI is InChI=1S/C18H22N4O2/c23-18(13-6-2-1-3-7-13)22-11-9-14(12-22)17-20-16(21-24-17)15-8-4-5-10-19-15/h4-5,8,10,13-14H,1-3,6-7,9,11-12H2/t14-/m1/s1. The Morgan fingerprint density at radius 1 is 1.17 bits per heavy atom. The molecule has 2 aliphatic rings. The molecule has 24 heavy (non-hydrogen) atoms. The SMILES string of the molecule is O=C(C1CCCCC1)N1CC[C@@H](c2nc(-c3ccccn3)no2)C1. The van der Waals surface area contributed by atoms with Crippen LogP contribution >= 0.6 is 0 Å². The summed E-state index contributed by atoms with van der Waals surface area (Å²) >= 11 is 0. The highest BCUT2D eigenvalue weighted by atomic mass is 16.5. The average molecular weight is 326 g/mol. The van der Waals surface area contributed by atoms with E-state index >= 15 is 0 Å². The summed E-state index contributed by atoms with van der Waals surface area (Å²) < 4.78 is 5.44. The van der Waals surface area contributed by atoms with Crippen LogP contribution in [0.25, 0.3) is 11.5 Å². The van der Waals surface area contributed by atoms with Gasteiger partial charge in [0.1, 0.15) is 5.69 Å². The highest BCUT2D eigenvalue weighted by Gasteiger charge is 2.34. The fraction of sp³-hybridized carbons (Fsp3) is 0.556. The van der Waals surface area contributed by atoms with Crippen molar-refractivity contribution >= 4 is 5.91 Å². The van der Waals surface area contributed by atoms with Crippen molar-refractivity contribution in [1.29, 1.82) is 0 Å². The Labute approximate surface area is 141 Å². The van der Waals surface area contributed by atoms with Gasteiger partial charge in [0.2, 0.25) is 17.6 Å². The maximum atomic E-state index is 12.7. The first-order valence-electron chi connectivity index (χ1n) is 8.85. The van der Waals surface area contributed by atoms with Gasteiger partial charge in [0.05, 0.1) is 5.92 Å². The van der Waals surface area contributed by atoms with Gasteiger partial charge in [-0.3, -0.25) is 9.78 Å². The average Bonchev–Trinajstić information content (AvgIpc) is 3.32. The third-order valence-electron chi connectivity index (χ3n) is 5.14. The lowest BCUT2D eigenvalue weighted by Crippen LogP contribution is -2.35. The number of carbonyl (C=O) groups excluding carboxylic acids is 1. The van der Waals surface area contributed by atoms with Crippen LogP contribution in [0.2, 0.25) is 0 Å². The van der Waals surface area contributed by atoms with Crippen LogP contribution in [0.5, 0.6) is 0 Å². The summed E-state index contributed by atoms with van der Waals surface area (Å²) in [6, 6.07) is 5.62. The van der Waals surface area contributed by atoms with Crippen LogP contribution in [-0.2, 0) is 4.79 Å². The molecule has 1 aliphatic carbocycles. The molecule has 0 unspecified atom stereocenters. The summed E-state index contributed by atoms with van der Waals surface area (Å²) in [5, 5.41) is 4.04. The Bertz CT molecular complexity index is 694. The van der Waals surface area contributed by atoms with Gasteiger partial charge in [-0.05, 0) is 31.4 Å². The quantitative estimate of drug-likeness (QED) is 0.867. The molecule has 3 heterocycles. The third-order valence-corrected chi connectivity index (χ3v) is 5.14. The molecule has 6 heteroatoms. The Kier molecular flexibility index (Phi) is 4.28. The minimum atomic E-state index is 0.141. The molecule has 1 aliphatic heterocycles. The van der Waals surface area contributed by atoms with Crippen LogP contribution in [0.3, 0.4) is 0 Å². The number of likely N-dealkylation sites (tertiary alicyclic amines) is 1. The van der Waals surface area contributed by atoms with Gasteiger partial charge in [-0.2, -0.15) is 4.98 Å². The van der Waals surface area contributed by atoms with Crippen LogP contribution < -0.4 is 0 Å². The van der Waals surface area contributed by atoms with Crippen LogP contribution in [-0.4, -0.2) is 39.0 Å². The number of hydrogen-bond acceptors (Lipinski definition) is 5. The van der Waals surface area contributed by atoms with Gasteiger partial charge in [-0.25, -0.2) is 0 Å². The van der Waals surface area contributed by atoms with Gasteiger partial charge in [0.15, 0.2) is 0 Å². The van der Waals surface area contributed by atoms with Crippen molar-refractivity contribution in [3.8, 4) is 11.5 Å². The van der Waals surface area contributed by atoms with E-state index in [1.807, 2.05) is 23.1 Å². The monoisotopic (exact) mass is 326 g/mol. The Balaban J connectivity index is 1.42. The highest BCUT2D eigenvalue weighted by Crippen LogP contribution is 2.31. The zero-order valence-electron chi connectivity index (χ0n) is 13.7. The predicted molar refractivity (Wildman–Crippen MR) is 88.0 cm³/mol. The van der Waals surface area contributed by atoms with E-state index in [0.29, 0.717) is 29.9 Å². The first kappa shape index (κ1) is 15.3. The van der Waals surface area contributed by atoms with Crippen molar-refractivity contribution in [2.45, 2.75) is 44.4 Å². The molecular formula is C18H22N4O2. The highest BCUT2D eigenvalue weighted by molar-refractivity contribution is 5.79. The maximum absolute atomic E-state index is 12.7. The Hall–Kier alpha value is -2.24. The van der Waals surface area contributed by atoms with E-state index in [1.54, 1.807) is 6.20 Å². The summed E-state index contributed by atoms with van der Waals surface area (Å²) in [5.41, 5.74) is 0.709. The van der Waals surface area contributed by atoms with Gasteiger partial charge in [0, 0.05) is 25.2 Å². The first-order valence-corrected chi connectivity index (χ1v) is 8.85. The number of rotatable bonds is 3. The molecule has 0 aromatic carbocycles. The smallest absolute Gasteiger partial charge is 0.231 e. The van der Waals surface area contributed by atoms with E-state index in [9.17, 15) is 4.79 Å². The van der Waals surface area contributed by atoms with E-state index < -0.39 is 0 Å². The molecule has 1 atom stereocenters. The van der Waals surface area contributed by atoms with Crippen LogP contribution in [0.4, 0.5) is 0 Å². The fourth-order valence-electron chi connectivity index (χ4n) is 3.77. The predicted octanol–water partition coefficient (Wildman–Crippen LogP) is 3.03. The molecule has 0 radical (unpaired) electrons. The van der Waals surface area contributed by atoms with Crippen molar-refractivity contribution in [2.24, 2.45) is 5.92 Å². The number of hydrogen-bond donors (Lipinski definition) is 0. The lowest BCUT2D eigenvalue weighted by molar-refractivity contribution is -0.135. The largest absolute Gasteiger partial charge is 0.342 e. The normalized spacial score (nSPS) is 22.0. The van der Waals surface area contributed by atoms with Gasteiger partial charge in [0.25, 0.3) is 0 Å². The molecule has 2 fully saturated rings. The molecule has 2 aromatic rings. The fourth-order valence-corrected chi connectivity index (χ4v) is 3.77. The summed E-state index contributed by atoms with van der Waals surface area (Å²) in [7, 11) is 0. The number of carbonyl (C=O) groups is 1. The van der Waals surface area contributed by atoms with E-state index in [2.05, 4.69) is 15.1 Å². The van der Waals surface area contributed by atoms with Gasteiger partial charge in [-0.15, -0.1) is 0 Å². The molecular weight excluding hydrogens is 304 g/mol. The molecule has 6 nitrogen and oxygen atoms in total. The van der Waals surface area contributed by atoms with Crippen LogP contribution in [0.15, 0.2) is 28.9 Å². The topological polar surface area (TPSA) is 72.1 Å². The van der Waals surface area contributed by atoms with Crippen molar-refractivity contribution in [2.75, 3.05) is 13.1 Å². The minimum Gasteiger partial charge on any atom is -0.342 e. The number of nitrogens with zero attached hydrogens (tertiary/aromatic N) is 4. The van der Waals surface area contributed by atoms with Gasteiger partial charge >= 0.3 is 0 Å². The minimum absolute atomic E-state index is 0.141. The third kappa shape index (κ3) is 3.05. The summed E-state index contributed by atoms with van der Waals surface area (Å²) in [6.07, 6.45) is 8.34. The summed E-state index contributed by atoms with van der Waals surface area (Å²) in [4.78, 5) is 23.4. The van der Waals surface area contributed by atoms with E-state index in [-0.39, 0.29) is 11.8 Å². The molecule has 126 valence electrons. The Morgan fingerprint density at radius 3 is 2.83 bits per heavy atom. The second kappa shape index (κ2) is 6.71. The van der Waals surface area contributed by atoms with Crippen LogP contribution in [0.1, 0.15) is 50.3 Å². The van der Waals surface area contributed by atoms with Crippen molar-refractivity contribution in [3.63, 3.8) is 0 Å². The second-order valence-corrected chi connectivity index (χ2v) is 6.78. The lowest BCUT2D eigenvalue weighted by atomic mass is 9.88. The molecule has 0 bridgehead atoms. The van der Waals surface area contributed by atoms with Crippen molar-refractivity contribution in [3.05, 3.63) is 30.3 Å². The molecule has 0 N–H and O–H groups in total. The molecule has 1 saturated heterocycles. The number of pyridine rings is 1.